The minimum atomic E-state index is 0.306. The molecule has 4 rings (SSSR count). The van der Waals surface area contributed by atoms with Crippen molar-refractivity contribution in [2.45, 2.75) is 13.1 Å². The topological polar surface area (TPSA) is 14.2 Å². The number of aryl methyl sites for hydroxylation is 1. The van der Waals surface area contributed by atoms with E-state index in [0.29, 0.717) is 6.17 Å². The third kappa shape index (κ3) is 3.08. The fourth-order valence-electron chi connectivity index (χ4n) is 3.65. The van der Waals surface area contributed by atoms with Gasteiger partial charge in [-0.3, -0.25) is 0 Å². The molecule has 0 bridgehead atoms. The maximum atomic E-state index is 2.29. The first-order valence-corrected chi connectivity index (χ1v) is 9.29. The molecule has 2 aromatic heterocycles. The molecule has 3 aromatic rings. The van der Waals surface area contributed by atoms with Crippen LogP contribution in [0.4, 0.5) is 5.82 Å². The summed E-state index contributed by atoms with van der Waals surface area (Å²) in [6, 6.07) is 21.4. The summed E-state index contributed by atoms with van der Waals surface area (Å²) in [6.07, 6.45) is 6.76. The van der Waals surface area contributed by atoms with Crippen LogP contribution in [0.5, 0.6) is 0 Å². The summed E-state index contributed by atoms with van der Waals surface area (Å²) in [6.45, 7) is 2.21. The number of anilines is 1. The molecule has 1 aliphatic rings. The molecule has 1 atom stereocenters. The Bertz CT molecular complexity index is 995. The fourth-order valence-corrected chi connectivity index (χ4v) is 3.65. The minimum absolute atomic E-state index is 0.306. The van der Waals surface area contributed by atoms with E-state index in [0.717, 1.165) is 0 Å². The van der Waals surface area contributed by atoms with Crippen molar-refractivity contribution in [1.82, 2.24) is 4.90 Å². The third-order valence-electron chi connectivity index (χ3n) is 5.43. The van der Waals surface area contributed by atoms with Crippen molar-refractivity contribution in [1.29, 1.82) is 0 Å². The van der Waals surface area contributed by atoms with Gasteiger partial charge in [0.25, 0.3) is 11.5 Å². The molecule has 1 aliphatic heterocycles. The molecule has 0 spiro atoms. The molecule has 1 aromatic carbocycles. The molecule has 4 nitrogen and oxygen atoms in total. The maximum absolute atomic E-state index is 2.29. The van der Waals surface area contributed by atoms with E-state index >= 15 is 0 Å². The first-order chi connectivity index (χ1) is 13.1. The van der Waals surface area contributed by atoms with Gasteiger partial charge in [0.05, 0.1) is 7.05 Å². The summed E-state index contributed by atoms with van der Waals surface area (Å²) in [5.41, 5.74) is 4.82. The molecule has 0 saturated carbocycles. The van der Waals surface area contributed by atoms with E-state index in [1.807, 2.05) is 0 Å². The second-order valence-electron chi connectivity index (χ2n) is 7.11. The van der Waals surface area contributed by atoms with Gasteiger partial charge in [-0.25, -0.2) is 9.47 Å². The molecule has 0 fully saturated rings. The van der Waals surface area contributed by atoms with E-state index in [1.54, 1.807) is 0 Å². The Labute approximate surface area is 161 Å². The maximum Gasteiger partial charge on any atom is 0.283 e. The number of hydrogen-bond donors (Lipinski definition) is 0. The highest BCUT2D eigenvalue weighted by molar-refractivity contribution is 5.63. The summed E-state index contributed by atoms with van der Waals surface area (Å²) in [5.74, 6) is 1.17. The average Bonchev–Trinajstić information content (AvgIpc) is 3.02. The third-order valence-corrected chi connectivity index (χ3v) is 5.43. The molecule has 4 heteroatoms. The number of nitrogens with zero attached hydrogens (tertiary/aromatic N) is 4. The van der Waals surface area contributed by atoms with E-state index in [9.17, 15) is 0 Å². The highest BCUT2D eigenvalue weighted by Gasteiger charge is 2.31. The predicted molar refractivity (Wildman–Crippen MR) is 109 cm³/mol. The zero-order chi connectivity index (χ0) is 19.0. The Balaban J connectivity index is 1.74. The quantitative estimate of drug-likeness (QED) is 0.668. The highest BCUT2D eigenvalue weighted by atomic mass is 15.4. The second-order valence-corrected chi connectivity index (χ2v) is 7.11. The van der Waals surface area contributed by atoms with Gasteiger partial charge in [-0.2, -0.15) is 4.57 Å². The van der Waals surface area contributed by atoms with Crippen LogP contribution in [0.25, 0.3) is 22.5 Å². The van der Waals surface area contributed by atoms with Gasteiger partial charge < -0.3 is 4.90 Å². The molecule has 0 radical (unpaired) electrons. The van der Waals surface area contributed by atoms with Crippen LogP contribution in [0, 0.1) is 0 Å². The van der Waals surface area contributed by atoms with E-state index in [2.05, 4.69) is 126 Å². The summed E-state index contributed by atoms with van der Waals surface area (Å²) in [5, 5.41) is 0. The van der Waals surface area contributed by atoms with Gasteiger partial charge in [0.15, 0.2) is 18.1 Å². The van der Waals surface area contributed by atoms with Gasteiger partial charge in [-0.15, -0.1) is 0 Å². The van der Waals surface area contributed by atoms with Gasteiger partial charge in [-0.1, -0.05) is 30.3 Å². The van der Waals surface area contributed by atoms with Crippen LogP contribution in [0.3, 0.4) is 0 Å². The van der Waals surface area contributed by atoms with Crippen molar-refractivity contribution in [2.24, 2.45) is 14.1 Å². The zero-order valence-electron chi connectivity index (χ0n) is 16.4. The summed E-state index contributed by atoms with van der Waals surface area (Å²) < 4.78 is 4.47. The lowest BCUT2D eigenvalue weighted by Crippen LogP contribution is -2.45. The Kier molecular flexibility index (Phi) is 4.40. The minimum Gasteiger partial charge on any atom is -0.339 e. The zero-order valence-corrected chi connectivity index (χ0v) is 16.4. The monoisotopic (exact) mass is 358 g/mol. The lowest BCUT2D eigenvalue weighted by Gasteiger charge is -2.21. The van der Waals surface area contributed by atoms with Crippen LogP contribution < -0.4 is 14.0 Å². The molecule has 136 valence electrons. The van der Waals surface area contributed by atoms with E-state index < -0.39 is 0 Å². The summed E-state index contributed by atoms with van der Waals surface area (Å²) >= 11 is 0. The molecular formula is C23H26N4+2. The number of pyridine rings is 2. The smallest absolute Gasteiger partial charge is 0.283 e. The van der Waals surface area contributed by atoms with E-state index in [-0.39, 0.29) is 0 Å². The second kappa shape index (κ2) is 6.88. The molecule has 0 N–H and O–H groups in total. The fraction of sp³-hybridized carbons (Fsp3) is 0.217. The molecule has 3 heterocycles. The largest absolute Gasteiger partial charge is 0.339 e. The Hall–Kier alpha value is -3.14. The summed E-state index contributed by atoms with van der Waals surface area (Å²) in [4.78, 5) is 4.50. The van der Waals surface area contributed by atoms with Gasteiger partial charge in [0.1, 0.15) is 13.2 Å². The lowest BCUT2D eigenvalue weighted by molar-refractivity contribution is -0.684. The summed E-state index contributed by atoms with van der Waals surface area (Å²) in [7, 11) is 6.35. The normalized spacial score (nSPS) is 16.2. The molecule has 27 heavy (non-hydrogen) atoms. The van der Waals surface area contributed by atoms with E-state index in [1.165, 1.54) is 28.3 Å². The molecule has 0 aliphatic carbocycles. The number of hydrogen-bond acceptors (Lipinski definition) is 2. The van der Waals surface area contributed by atoms with Crippen molar-refractivity contribution >= 4 is 5.82 Å². The van der Waals surface area contributed by atoms with Crippen LogP contribution in [-0.4, -0.2) is 18.1 Å². The number of aromatic nitrogens is 2. The predicted octanol–water partition coefficient (Wildman–Crippen LogP) is 3.24. The van der Waals surface area contributed by atoms with Crippen LogP contribution in [-0.2, 0) is 14.1 Å². The Morgan fingerprint density at radius 2 is 1.56 bits per heavy atom. The first-order valence-electron chi connectivity index (χ1n) is 9.29. The van der Waals surface area contributed by atoms with Gasteiger partial charge >= 0.3 is 0 Å². The van der Waals surface area contributed by atoms with Crippen LogP contribution in [0.2, 0.25) is 0 Å². The number of rotatable bonds is 3. The molecular weight excluding hydrogens is 332 g/mol. The lowest BCUT2D eigenvalue weighted by atomic mass is 10.1. The van der Waals surface area contributed by atoms with Gasteiger partial charge in [-0.05, 0) is 30.7 Å². The van der Waals surface area contributed by atoms with Gasteiger partial charge in [0, 0.05) is 30.9 Å². The molecule has 0 amide bonds. The standard InChI is InChI=1S/C23H26N4/c1-18-24(2)15-16-27(18)23-12-8-11-22(26(23)4)21-14-13-20(17-25(21)3)19-9-6-5-7-10-19/h5-18H,1-4H3/q+2/t18-/m0/s1. The van der Waals surface area contributed by atoms with Crippen molar-refractivity contribution in [3.63, 3.8) is 0 Å². The van der Waals surface area contributed by atoms with Crippen molar-refractivity contribution in [2.75, 3.05) is 11.9 Å². The SMILES string of the molecule is C[C@H]1N(C)C=CN1c1cccc(-c2ccc(-c3ccccc3)c[n+]2C)[n+]1C. The van der Waals surface area contributed by atoms with Crippen LogP contribution in [0.1, 0.15) is 6.92 Å². The van der Waals surface area contributed by atoms with Crippen LogP contribution in [0.15, 0.2) is 79.3 Å². The highest BCUT2D eigenvalue weighted by Crippen LogP contribution is 2.23. The Morgan fingerprint density at radius 3 is 2.22 bits per heavy atom. The molecule has 0 saturated heterocycles. The van der Waals surface area contributed by atoms with Crippen molar-refractivity contribution in [3.05, 3.63) is 79.3 Å². The van der Waals surface area contributed by atoms with Crippen LogP contribution >= 0.6 is 0 Å². The van der Waals surface area contributed by atoms with E-state index in [4.69, 9.17) is 0 Å². The van der Waals surface area contributed by atoms with Crippen molar-refractivity contribution < 1.29 is 9.13 Å². The van der Waals surface area contributed by atoms with Gasteiger partial charge in [0.2, 0.25) is 0 Å². The van der Waals surface area contributed by atoms with Crippen molar-refractivity contribution in [3.8, 4) is 22.5 Å². The Morgan fingerprint density at radius 1 is 0.778 bits per heavy atom. The first kappa shape index (κ1) is 17.3. The number of benzene rings is 1. The average molecular weight is 358 g/mol. The molecule has 0 unspecified atom stereocenters.